The second-order valence-electron chi connectivity index (χ2n) is 15.2. The molecule has 0 saturated carbocycles. The molecule has 0 aromatic rings. The average Bonchev–Trinajstić information content (AvgIpc) is 3.10. The van der Waals surface area contributed by atoms with Gasteiger partial charge in [0.25, 0.3) is 0 Å². The van der Waals surface area contributed by atoms with Gasteiger partial charge in [0.15, 0.2) is 0 Å². The van der Waals surface area contributed by atoms with Crippen LogP contribution in [0.15, 0.2) is 48.6 Å². The van der Waals surface area contributed by atoms with Crippen molar-refractivity contribution in [1.82, 2.24) is 4.90 Å². The van der Waals surface area contributed by atoms with Gasteiger partial charge in [0.1, 0.15) is 0 Å². The van der Waals surface area contributed by atoms with Crippen molar-refractivity contribution in [2.45, 2.75) is 232 Å². The fourth-order valence-electron chi connectivity index (χ4n) is 7.02. The molecule has 0 aliphatic rings. The molecule has 1 N–H and O–H groups in total. The molecule has 0 saturated heterocycles. The molecular formula is C47H89NO. The predicted octanol–water partition coefficient (Wildman–Crippen LogP) is 15.4. The number of rotatable bonds is 39. The molecule has 0 unspecified atom stereocenters. The minimum Gasteiger partial charge on any atom is -0.390 e. The Balaban J connectivity index is 4.24. The largest absolute Gasteiger partial charge is 0.390 e. The molecule has 0 bridgehead atoms. The summed E-state index contributed by atoms with van der Waals surface area (Å²) in [6, 6.07) is 0. The molecule has 0 spiro atoms. The summed E-state index contributed by atoms with van der Waals surface area (Å²) in [6.45, 7) is 12.8. The third kappa shape index (κ3) is 36.5. The van der Waals surface area contributed by atoms with Crippen LogP contribution in [-0.4, -0.2) is 35.2 Å². The van der Waals surface area contributed by atoms with Gasteiger partial charge in [0.05, 0.1) is 5.60 Å². The highest BCUT2D eigenvalue weighted by atomic mass is 16.3. The van der Waals surface area contributed by atoms with Crippen molar-refractivity contribution >= 4 is 0 Å². The Hall–Kier alpha value is -1.12. The Morgan fingerprint density at radius 1 is 0.347 bits per heavy atom. The quantitative estimate of drug-likeness (QED) is 0.0515. The van der Waals surface area contributed by atoms with Crippen LogP contribution in [0.25, 0.3) is 0 Å². The van der Waals surface area contributed by atoms with E-state index in [1.807, 2.05) is 0 Å². The van der Waals surface area contributed by atoms with Gasteiger partial charge < -0.3 is 10.0 Å². The van der Waals surface area contributed by atoms with E-state index >= 15 is 0 Å². The number of allylic oxidation sites excluding steroid dienone is 8. The van der Waals surface area contributed by atoms with E-state index in [9.17, 15) is 5.11 Å². The Kier molecular flexibility index (Phi) is 38.8. The van der Waals surface area contributed by atoms with Crippen LogP contribution in [-0.2, 0) is 0 Å². The third-order valence-corrected chi connectivity index (χ3v) is 10.1. The van der Waals surface area contributed by atoms with Crippen molar-refractivity contribution in [1.29, 1.82) is 0 Å². The molecule has 2 nitrogen and oxygen atoms in total. The summed E-state index contributed by atoms with van der Waals surface area (Å²) < 4.78 is 0. The topological polar surface area (TPSA) is 23.5 Å². The lowest BCUT2D eigenvalue weighted by molar-refractivity contribution is 0.00662. The average molecular weight is 684 g/mol. The van der Waals surface area contributed by atoms with Crippen LogP contribution in [0.3, 0.4) is 0 Å². The van der Waals surface area contributed by atoms with Gasteiger partial charge in [0.2, 0.25) is 0 Å². The monoisotopic (exact) mass is 684 g/mol. The summed E-state index contributed by atoms with van der Waals surface area (Å²) >= 11 is 0. The minimum absolute atomic E-state index is 0.440. The molecule has 288 valence electrons. The first kappa shape index (κ1) is 47.9. The van der Waals surface area contributed by atoms with Crippen molar-refractivity contribution in [2.75, 3.05) is 19.6 Å². The molecule has 0 heterocycles. The van der Waals surface area contributed by atoms with E-state index in [0.717, 1.165) is 32.1 Å². The fraction of sp³-hybridized carbons (Fsp3) is 0.830. The number of hydrogen-bond donors (Lipinski definition) is 1. The zero-order valence-electron chi connectivity index (χ0n) is 34.1. The van der Waals surface area contributed by atoms with Crippen molar-refractivity contribution in [2.24, 2.45) is 0 Å². The summed E-state index contributed by atoms with van der Waals surface area (Å²) in [5.41, 5.74) is -0.440. The summed E-state index contributed by atoms with van der Waals surface area (Å²) in [7, 11) is 0. The molecule has 0 atom stereocenters. The van der Waals surface area contributed by atoms with E-state index in [0.29, 0.717) is 0 Å². The maximum atomic E-state index is 11.8. The normalized spacial score (nSPS) is 12.8. The van der Waals surface area contributed by atoms with Crippen LogP contribution in [0.1, 0.15) is 227 Å². The second kappa shape index (κ2) is 39.7. The lowest BCUT2D eigenvalue weighted by Gasteiger charge is -2.29. The molecule has 0 amide bonds. The van der Waals surface area contributed by atoms with Crippen molar-refractivity contribution < 1.29 is 5.11 Å². The van der Waals surface area contributed by atoms with Crippen molar-refractivity contribution in [3.05, 3.63) is 48.6 Å². The fourth-order valence-corrected chi connectivity index (χ4v) is 7.02. The van der Waals surface area contributed by atoms with Crippen LogP contribution >= 0.6 is 0 Å². The molecule has 0 aliphatic carbocycles. The molecule has 0 radical (unpaired) electrons. The lowest BCUT2D eigenvalue weighted by Crippen LogP contribution is -2.30. The van der Waals surface area contributed by atoms with Gasteiger partial charge in [0, 0.05) is 0 Å². The highest BCUT2D eigenvalue weighted by Crippen LogP contribution is 2.29. The molecule has 0 aromatic carbocycles. The predicted molar refractivity (Wildman–Crippen MR) is 224 cm³/mol. The molecule has 0 fully saturated rings. The molecule has 2 heteroatoms. The van der Waals surface area contributed by atoms with Crippen LogP contribution < -0.4 is 0 Å². The maximum absolute atomic E-state index is 11.8. The van der Waals surface area contributed by atoms with Gasteiger partial charge in [-0.1, -0.05) is 166 Å². The van der Waals surface area contributed by atoms with E-state index < -0.39 is 5.60 Å². The van der Waals surface area contributed by atoms with Crippen molar-refractivity contribution in [3.8, 4) is 0 Å². The van der Waals surface area contributed by atoms with Crippen LogP contribution in [0, 0.1) is 0 Å². The maximum Gasteiger partial charge on any atom is 0.0647 e. The SMILES string of the molecule is CCCCC/C=C\C/C=C\CCCCCCCCC(O)(CCCCCCCC/C=C\C/C=C\CCCCC)CCCCN(CCC)CCC. The summed E-state index contributed by atoms with van der Waals surface area (Å²) in [5, 5.41) is 11.8. The van der Waals surface area contributed by atoms with Gasteiger partial charge in [-0.2, -0.15) is 0 Å². The number of aliphatic hydroxyl groups is 1. The molecular weight excluding hydrogens is 595 g/mol. The van der Waals surface area contributed by atoms with E-state index in [-0.39, 0.29) is 0 Å². The minimum atomic E-state index is -0.440. The van der Waals surface area contributed by atoms with E-state index in [2.05, 4.69) is 81.2 Å². The molecule has 49 heavy (non-hydrogen) atoms. The zero-order valence-corrected chi connectivity index (χ0v) is 34.1. The summed E-state index contributed by atoms with van der Waals surface area (Å²) in [4.78, 5) is 2.63. The third-order valence-electron chi connectivity index (χ3n) is 10.1. The van der Waals surface area contributed by atoms with Gasteiger partial charge in [-0.05, 0) is 129 Å². The van der Waals surface area contributed by atoms with E-state index in [1.165, 1.54) is 187 Å². The number of unbranched alkanes of at least 4 members (excludes halogenated alkanes) is 19. The molecule has 0 aliphatic heterocycles. The number of hydrogen-bond acceptors (Lipinski definition) is 2. The van der Waals surface area contributed by atoms with Gasteiger partial charge in [-0.3, -0.25) is 0 Å². The van der Waals surface area contributed by atoms with Gasteiger partial charge in [-0.15, -0.1) is 0 Å². The first-order valence-corrected chi connectivity index (χ1v) is 22.2. The summed E-state index contributed by atoms with van der Waals surface area (Å²) in [5.74, 6) is 0. The standard InChI is InChI=1S/C47H89NO/c1-5-9-11-13-15-17-19-21-23-25-27-29-31-33-35-37-41-47(49,43-39-40-46-48(44-7-3)45-8-4)42-38-36-34-32-30-28-26-24-22-20-18-16-14-12-10-6-2/h15-18,21-24,49H,5-14,19-20,25-46H2,1-4H3/b17-15-,18-16-,23-21-,24-22-. The lowest BCUT2D eigenvalue weighted by atomic mass is 9.85. The van der Waals surface area contributed by atoms with Crippen LogP contribution in [0.5, 0.6) is 0 Å². The Morgan fingerprint density at radius 2 is 0.673 bits per heavy atom. The molecule has 0 aromatic heterocycles. The zero-order chi connectivity index (χ0) is 35.8. The Labute approximate surface area is 309 Å². The van der Waals surface area contributed by atoms with Crippen molar-refractivity contribution in [3.63, 3.8) is 0 Å². The van der Waals surface area contributed by atoms with E-state index in [1.54, 1.807) is 0 Å². The van der Waals surface area contributed by atoms with E-state index in [4.69, 9.17) is 0 Å². The smallest absolute Gasteiger partial charge is 0.0647 e. The second-order valence-corrected chi connectivity index (χ2v) is 15.2. The van der Waals surface area contributed by atoms with Crippen LogP contribution in [0.4, 0.5) is 0 Å². The Morgan fingerprint density at radius 3 is 1.04 bits per heavy atom. The highest BCUT2D eigenvalue weighted by molar-refractivity contribution is 4.93. The van der Waals surface area contributed by atoms with Gasteiger partial charge >= 0.3 is 0 Å². The Bertz CT molecular complexity index is 695. The van der Waals surface area contributed by atoms with Gasteiger partial charge in [-0.25, -0.2) is 0 Å². The number of nitrogens with zero attached hydrogens (tertiary/aromatic N) is 1. The van der Waals surface area contributed by atoms with Crippen LogP contribution in [0.2, 0.25) is 0 Å². The highest BCUT2D eigenvalue weighted by Gasteiger charge is 2.25. The molecule has 0 rings (SSSR count). The first-order valence-electron chi connectivity index (χ1n) is 22.2. The first-order chi connectivity index (χ1) is 24.1. The summed E-state index contributed by atoms with van der Waals surface area (Å²) in [6.07, 6.45) is 57.5.